The lowest BCUT2D eigenvalue weighted by molar-refractivity contribution is -0.196. The van der Waals surface area contributed by atoms with E-state index in [1.54, 1.807) is 12.1 Å². The van der Waals surface area contributed by atoms with Crippen LogP contribution in [-0.4, -0.2) is 55.0 Å². The Hall–Kier alpha value is -1.97. The number of esters is 1. The smallest absolute Gasteiger partial charge is 0.312 e. The lowest BCUT2D eigenvalue weighted by Crippen LogP contribution is -2.58. The molecule has 8 nitrogen and oxygen atoms in total. The Morgan fingerprint density at radius 2 is 1.79 bits per heavy atom. The third-order valence-electron chi connectivity index (χ3n) is 7.87. The second-order valence-electron chi connectivity index (χ2n) is 10.6. The van der Waals surface area contributed by atoms with Crippen molar-refractivity contribution in [3.63, 3.8) is 0 Å². The van der Waals surface area contributed by atoms with Gasteiger partial charge in [0.05, 0.1) is 15.9 Å². The molecule has 0 aromatic heterocycles. The first kappa shape index (κ1) is 22.8. The van der Waals surface area contributed by atoms with Gasteiger partial charge in [-0.2, -0.15) is 4.31 Å². The van der Waals surface area contributed by atoms with Gasteiger partial charge in [-0.1, -0.05) is 12.5 Å². The molecule has 1 aliphatic heterocycles. The summed E-state index contributed by atoms with van der Waals surface area (Å²) in [6.07, 6.45) is 7.18. The molecule has 1 saturated heterocycles. The summed E-state index contributed by atoms with van der Waals surface area (Å²) in [4.78, 5) is 25.6. The van der Waals surface area contributed by atoms with Crippen molar-refractivity contribution in [2.45, 2.75) is 68.3 Å². The van der Waals surface area contributed by atoms with Gasteiger partial charge in [0.25, 0.3) is 5.91 Å². The van der Waals surface area contributed by atoms with E-state index in [1.807, 2.05) is 0 Å². The predicted molar refractivity (Wildman–Crippen MR) is 121 cm³/mol. The third kappa shape index (κ3) is 4.42. The maximum atomic E-state index is 13.0. The van der Waals surface area contributed by atoms with Crippen molar-refractivity contribution in [3.05, 3.63) is 24.3 Å². The molecule has 1 amide bonds. The zero-order valence-corrected chi connectivity index (χ0v) is 19.6. The summed E-state index contributed by atoms with van der Waals surface area (Å²) < 4.78 is 32.7. The van der Waals surface area contributed by atoms with E-state index >= 15 is 0 Å². The number of sulfonamides is 1. The van der Waals surface area contributed by atoms with Crippen molar-refractivity contribution in [1.82, 2.24) is 4.31 Å². The summed E-state index contributed by atoms with van der Waals surface area (Å²) in [5, 5.41) is 13.5. The summed E-state index contributed by atoms with van der Waals surface area (Å²) in [6, 6.07) is 6.17. The molecule has 1 heterocycles. The van der Waals surface area contributed by atoms with Gasteiger partial charge in [-0.05, 0) is 81.4 Å². The minimum atomic E-state index is -3.60. The molecule has 2 atom stereocenters. The van der Waals surface area contributed by atoms with Gasteiger partial charge in [-0.15, -0.1) is 0 Å². The first-order valence-corrected chi connectivity index (χ1v) is 13.4. The van der Waals surface area contributed by atoms with Crippen molar-refractivity contribution in [2.24, 2.45) is 17.3 Å². The Morgan fingerprint density at radius 3 is 2.45 bits per heavy atom. The average Bonchev–Trinajstić information content (AvgIpc) is 2.76. The fourth-order valence-corrected chi connectivity index (χ4v) is 8.49. The standard InChI is InChI=1S/C24H32N2O6S/c27-21(15-32-22(28)23-11-17-9-18(12-23)14-24(29,13-17)16-23)25-19-5-4-6-20(10-19)33(30,31)26-7-2-1-3-8-26/h4-6,10,17-18,29H,1-3,7-9,11-16H2,(H,25,27). The Balaban J connectivity index is 1.20. The Labute approximate surface area is 194 Å². The first-order valence-electron chi connectivity index (χ1n) is 12.0. The number of anilines is 1. The van der Waals surface area contributed by atoms with Gasteiger partial charge in [0.2, 0.25) is 10.0 Å². The average molecular weight is 477 g/mol. The third-order valence-corrected chi connectivity index (χ3v) is 9.76. The minimum absolute atomic E-state index is 0.140. The molecule has 33 heavy (non-hydrogen) atoms. The highest BCUT2D eigenvalue weighted by molar-refractivity contribution is 7.89. The zero-order valence-electron chi connectivity index (χ0n) is 18.8. The lowest BCUT2D eigenvalue weighted by Gasteiger charge is -2.58. The van der Waals surface area contributed by atoms with Gasteiger partial charge >= 0.3 is 5.97 Å². The van der Waals surface area contributed by atoms with Crippen LogP contribution in [0.3, 0.4) is 0 Å². The topological polar surface area (TPSA) is 113 Å². The normalized spacial score (nSPS) is 33.6. The molecule has 4 bridgehead atoms. The van der Waals surface area contributed by atoms with Gasteiger partial charge < -0.3 is 15.2 Å². The number of hydrogen-bond acceptors (Lipinski definition) is 6. The van der Waals surface area contributed by atoms with Crippen LogP contribution in [0.2, 0.25) is 0 Å². The molecule has 5 fully saturated rings. The molecule has 4 saturated carbocycles. The van der Waals surface area contributed by atoms with Crippen molar-refractivity contribution >= 4 is 27.6 Å². The maximum Gasteiger partial charge on any atom is 0.312 e. The molecule has 6 rings (SSSR count). The number of rotatable bonds is 6. The highest BCUT2D eigenvalue weighted by Gasteiger charge is 2.60. The van der Waals surface area contributed by atoms with Crippen molar-refractivity contribution < 1.29 is 27.9 Å². The van der Waals surface area contributed by atoms with E-state index in [2.05, 4.69) is 5.32 Å². The van der Waals surface area contributed by atoms with Crippen LogP contribution in [0.1, 0.15) is 57.8 Å². The molecule has 2 N–H and O–H groups in total. The van der Waals surface area contributed by atoms with Gasteiger partial charge in [0.1, 0.15) is 0 Å². The molecule has 5 aliphatic rings. The molecular formula is C24H32N2O6S. The molecule has 9 heteroatoms. The molecule has 1 aromatic rings. The minimum Gasteiger partial charge on any atom is -0.455 e. The number of benzene rings is 1. The second kappa shape index (κ2) is 8.36. The summed E-state index contributed by atoms with van der Waals surface area (Å²) in [5.74, 6) is -0.213. The number of ether oxygens (including phenoxy) is 1. The van der Waals surface area contributed by atoms with E-state index in [0.717, 1.165) is 51.4 Å². The molecule has 1 aromatic carbocycles. The van der Waals surface area contributed by atoms with Gasteiger partial charge in [-0.25, -0.2) is 8.42 Å². The fourth-order valence-electron chi connectivity index (χ4n) is 6.92. The fraction of sp³-hybridized carbons (Fsp3) is 0.667. The SMILES string of the molecule is O=C(COC(=O)C12CC3CC(CC(O)(C3)C1)C2)Nc1cccc(S(=O)(=O)N2CCCCC2)c1. The summed E-state index contributed by atoms with van der Waals surface area (Å²) >= 11 is 0. The summed E-state index contributed by atoms with van der Waals surface area (Å²) in [7, 11) is -3.60. The van der Waals surface area contributed by atoms with Crippen LogP contribution in [0.25, 0.3) is 0 Å². The van der Waals surface area contributed by atoms with E-state index in [9.17, 15) is 23.1 Å². The number of carbonyl (C=O) groups is 2. The highest BCUT2D eigenvalue weighted by Crippen LogP contribution is 2.61. The molecule has 0 radical (unpaired) electrons. The van der Waals surface area contributed by atoms with Crippen molar-refractivity contribution in [2.75, 3.05) is 25.0 Å². The lowest BCUT2D eigenvalue weighted by atomic mass is 9.48. The van der Waals surface area contributed by atoms with Crippen LogP contribution in [0.15, 0.2) is 29.2 Å². The number of aliphatic hydroxyl groups is 1. The van der Waals surface area contributed by atoms with Crippen LogP contribution in [0, 0.1) is 17.3 Å². The maximum absolute atomic E-state index is 13.0. The van der Waals surface area contributed by atoms with Crippen molar-refractivity contribution in [3.8, 4) is 0 Å². The van der Waals surface area contributed by atoms with Crippen LogP contribution in [0.4, 0.5) is 5.69 Å². The second-order valence-corrected chi connectivity index (χ2v) is 12.5. The zero-order chi connectivity index (χ0) is 23.3. The van der Waals surface area contributed by atoms with Gasteiger partial charge in [0, 0.05) is 18.8 Å². The number of nitrogens with one attached hydrogen (secondary N) is 1. The van der Waals surface area contributed by atoms with E-state index < -0.39 is 39.5 Å². The predicted octanol–water partition coefficient (Wildman–Crippen LogP) is 2.67. The van der Waals surface area contributed by atoms with Crippen LogP contribution < -0.4 is 5.32 Å². The van der Waals surface area contributed by atoms with E-state index in [1.165, 1.54) is 16.4 Å². The highest BCUT2D eigenvalue weighted by atomic mass is 32.2. The molecule has 0 spiro atoms. The molecule has 2 unspecified atom stereocenters. The molecule has 180 valence electrons. The van der Waals surface area contributed by atoms with Crippen LogP contribution >= 0.6 is 0 Å². The van der Waals surface area contributed by atoms with Crippen molar-refractivity contribution in [1.29, 1.82) is 0 Å². The number of nitrogens with zero attached hydrogens (tertiary/aromatic N) is 1. The largest absolute Gasteiger partial charge is 0.455 e. The van der Waals surface area contributed by atoms with Gasteiger partial charge in [0.15, 0.2) is 6.61 Å². The Morgan fingerprint density at radius 1 is 1.09 bits per heavy atom. The number of hydrogen-bond donors (Lipinski definition) is 2. The number of carbonyl (C=O) groups excluding carboxylic acids is 2. The number of amides is 1. The van der Waals surface area contributed by atoms with E-state index in [4.69, 9.17) is 4.74 Å². The first-order chi connectivity index (χ1) is 15.7. The number of piperidine rings is 1. The van der Waals surface area contributed by atoms with E-state index in [0.29, 0.717) is 37.0 Å². The monoisotopic (exact) mass is 476 g/mol. The Kier molecular flexibility index (Phi) is 5.77. The van der Waals surface area contributed by atoms with Gasteiger partial charge in [-0.3, -0.25) is 9.59 Å². The summed E-state index contributed by atoms with van der Waals surface area (Å²) in [5.41, 5.74) is -1.11. The van der Waals surface area contributed by atoms with Crippen LogP contribution in [-0.2, 0) is 24.3 Å². The molecule has 4 aliphatic carbocycles. The van der Waals surface area contributed by atoms with Crippen LogP contribution in [0.5, 0.6) is 0 Å². The van der Waals surface area contributed by atoms with E-state index in [-0.39, 0.29) is 4.90 Å². The quantitative estimate of drug-likeness (QED) is 0.611. The Bertz CT molecular complexity index is 1030. The molecular weight excluding hydrogens is 444 g/mol. The summed E-state index contributed by atoms with van der Waals surface area (Å²) in [6.45, 7) is 0.582.